The summed E-state index contributed by atoms with van der Waals surface area (Å²) < 4.78 is 11.2. The average Bonchev–Trinajstić information content (AvgIpc) is 3.50. The van der Waals surface area contributed by atoms with E-state index in [1.165, 1.54) is 31.3 Å². The maximum Gasteiger partial charge on any atom is 0.231 e. The van der Waals surface area contributed by atoms with Crippen LogP contribution in [0.3, 0.4) is 0 Å². The molecule has 0 amide bonds. The van der Waals surface area contributed by atoms with Crippen LogP contribution in [0.4, 0.5) is 0 Å². The monoisotopic (exact) mass is 416 g/mol. The second-order valence-corrected chi connectivity index (χ2v) is 11.4. The minimum Gasteiger partial charge on any atom is -0.454 e. The van der Waals surface area contributed by atoms with Crippen LogP contribution in [0.5, 0.6) is 11.5 Å². The zero-order chi connectivity index (χ0) is 21.2. The van der Waals surface area contributed by atoms with E-state index in [4.69, 9.17) is 15.2 Å². The van der Waals surface area contributed by atoms with Crippen LogP contribution in [0.1, 0.15) is 51.5 Å². The fourth-order valence-electron chi connectivity index (χ4n) is 8.68. The Morgan fingerprint density at radius 2 is 1.94 bits per heavy atom. The molecule has 3 unspecified atom stereocenters. The van der Waals surface area contributed by atoms with Crippen molar-refractivity contribution in [1.29, 1.82) is 5.41 Å². The summed E-state index contributed by atoms with van der Waals surface area (Å²) in [5.74, 6) is 4.44. The van der Waals surface area contributed by atoms with Crippen molar-refractivity contribution >= 4 is 11.3 Å². The van der Waals surface area contributed by atoms with Gasteiger partial charge in [-0.05, 0) is 90.5 Å². The summed E-state index contributed by atoms with van der Waals surface area (Å²) in [5.41, 5.74) is 10.3. The summed E-state index contributed by atoms with van der Waals surface area (Å²) in [5, 5.41) is 9.19. The molecule has 1 aromatic carbocycles. The lowest BCUT2D eigenvalue weighted by Crippen LogP contribution is -2.78. The number of rotatable bonds is 2. The molecule has 4 nitrogen and oxygen atoms in total. The molecule has 7 rings (SSSR count). The molecule has 162 valence electrons. The predicted octanol–water partition coefficient (Wildman–Crippen LogP) is 5.18. The minimum absolute atomic E-state index is 0.124. The van der Waals surface area contributed by atoms with Crippen molar-refractivity contribution in [3.8, 4) is 11.5 Å². The van der Waals surface area contributed by atoms with Crippen LogP contribution in [0.2, 0.25) is 0 Å². The first-order chi connectivity index (χ1) is 14.9. The number of fused-ring (bicyclic) bond motifs is 2. The molecule has 1 aliphatic heterocycles. The average molecular weight is 417 g/mol. The van der Waals surface area contributed by atoms with Crippen LogP contribution in [-0.4, -0.2) is 18.0 Å². The third-order valence-electron chi connectivity index (χ3n) is 10.3. The van der Waals surface area contributed by atoms with Crippen LogP contribution < -0.4 is 15.2 Å². The molecule has 3 saturated carbocycles. The van der Waals surface area contributed by atoms with Gasteiger partial charge in [0.2, 0.25) is 6.79 Å². The van der Waals surface area contributed by atoms with Gasteiger partial charge in [0.25, 0.3) is 0 Å². The molecule has 3 N–H and O–H groups in total. The Labute approximate surface area is 184 Å². The molecule has 0 saturated heterocycles. The standard InChI is InChI=1S/C27H32N2O2/c1-15-9-19-7-8-25(2)20(16-3-6-23-24(11-16)31-14-30-23)12-22(28)21-10-17(15)13-26(19,18-4-5-18)27(21,25)29/h3,6-8,11-12,15,17-19,21,28H,4-5,9-10,13-14,29H2,1-2H3/t15-,17?,19?,21?,25+,26-,27+/m1/s1. The lowest BCUT2D eigenvalue weighted by molar-refractivity contribution is -0.134. The second kappa shape index (κ2) is 5.64. The van der Waals surface area contributed by atoms with Gasteiger partial charge in [0, 0.05) is 22.6 Å². The van der Waals surface area contributed by atoms with Crippen LogP contribution in [0.15, 0.2) is 36.4 Å². The number of nitrogens with one attached hydrogen (secondary N) is 1. The number of benzene rings is 1. The van der Waals surface area contributed by atoms with Crippen molar-refractivity contribution in [3.63, 3.8) is 0 Å². The highest BCUT2D eigenvalue weighted by Crippen LogP contribution is 2.75. The molecular weight excluding hydrogens is 384 g/mol. The van der Waals surface area contributed by atoms with Gasteiger partial charge in [0.1, 0.15) is 0 Å². The molecule has 4 heteroatoms. The first kappa shape index (κ1) is 18.5. The fraction of sp³-hybridized carbons (Fsp3) is 0.593. The summed E-state index contributed by atoms with van der Waals surface area (Å²) >= 11 is 0. The normalized spacial score (nSPS) is 46.7. The zero-order valence-electron chi connectivity index (χ0n) is 18.5. The predicted molar refractivity (Wildman–Crippen MR) is 121 cm³/mol. The van der Waals surface area contributed by atoms with Crippen molar-refractivity contribution in [2.24, 2.45) is 46.2 Å². The maximum atomic E-state index is 9.19. The summed E-state index contributed by atoms with van der Waals surface area (Å²) in [4.78, 5) is 0. The first-order valence-electron chi connectivity index (χ1n) is 12.1. The SMILES string of the molecule is C[C@@H]1CC2C=C[C@@]3(C)C(c4ccc5c(c4)OCO5)=CC(=N)C4CC1C[C@]2(C1CC1)[C@]43N. The van der Waals surface area contributed by atoms with Crippen molar-refractivity contribution in [3.05, 3.63) is 42.0 Å². The molecule has 3 fully saturated rings. The highest BCUT2D eigenvalue weighted by molar-refractivity contribution is 6.05. The van der Waals surface area contributed by atoms with Crippen LogP contribution in [-0.2, 0) is 0 Å². The number of nitrogens with two attached hydrogens (primary N) is 1. The van der Waals surface area contributed by atoms with E-state index in [9.17, 15) is 5.41 Å². The van der Waals surface area contributed by atoms with Gasteiger partial charge in [0.15, 0.2) is 11.5 Å². The molecule has 1 aromatic rings. The quantitative estimate of drug-likeness (QED) is 0.653. The number of hydrogen-bond donors (Lipinski definition) is 2. The summed E-state index contributed by atoms with van der Waals surface area (Å²) in [6.07, 6.45) is 13.3. The molecule has 0 aromatic heterocycles. The molecule has 1 heterocycles. The zero-order valence-corrected chi connectivity index (χ0v) is 18.5. The Morgan fingerprint density at radius 1 is 1.13 bits per heavy atom. The molecule has 31 heavy (non-hydrogen) atoms. The fourth-order valence-corrected chi connectivity index (χ4v) is 8.68. The van der Waals surface area contributed by atoms with Crippen LogP contribution in [0.25, 0.3) is 5.57 Å². The molecule has 7 atom stereocenters. The van der Waals surface area contributed by atoms with Crippen LogP contribution >= 0.6 is 0 Å². The van der Waals surface area contributed by atoms with Gasteiger partial charge in [0.05, 0.1) is 0 Å². The van der Waals surface area contributed by atoms with E-state index >= 15 is 0 Å². The Morgan fingerprint density at radius 3 is 2.74 bits per heavy atom. The van der Waals surface area contributed by atoms with Crippen molar-refractivity contribution in [1.82, 2.24) is 0 Å². The topological polar surface area (TPSA) is 68.3 Å². The van der Waals surface area contributed by atoms with Gasteiger partial charge < -0.3 is 20.6 Å². The molecule has 2 bridgehead atoms. The number of ether oxygens (including phenoxy) is 2. The Kier molecular flexibility index (Phi) is 3.37. The Balaban J connectivity index is 1.47. The molecular formula is C27H32N2O2. The van der Waals surface area contributed by atoms with Crippen molar-refractivity contribution < 1.29 is 9.47 Å². The molecule has 0 radical (unpaired) electrons. The molecule has 0 spiro atoms. The molecule has 5 aliphatic carbocycles. The van der Waals surface area contributed by atoms with Crippen LogP contribution in [0, 0.1) is 45.8 Å². The Hall–Kier alpha value is -2.07. The summed E-state index contributed by atoms with van der Waals surface area (Å²) in [6.45, 7) is 5.07. The third-order valence-corrected chi connectivity index (χ3v) is 10.3. The van der Waals surface area contributed by atoms with E-state index in [0.717, 1.165) is 35.1 Å². The minimum atomic E-state index is -0.408. The second-order valence-electron chi connectivity index (χ2n) is 11.4. The Bertz CT molecular complexity index is 1070. The van der Waals surface area contributed by atoms with Gasteiger partial charge in [-0.15, -0.1) is 0 Å². The van der Waals surface area contributed by atoms with E-state index in [1.807, 2.05) is 6.07 Å². The maximum absolute atomic E-state index is 9.19. The van der Waals surface area contributed by atoms with Gasteiger partial charge in [-0.3, -0.25) is 0 Å². The van der Waals surface area contributed by atoms with E-state index in [2.05, 4.69) is 44.2 Å². The smallest absolute Gasteiger partial charge is 0.231 e. The van der Waals surface area contributed by atoms with Crippen molar-refractivity contribution in [2.45, 2.75) is 51.5 Å². The van der Waals surface area contributed by atoms with Gasteiger partial charge in [-0.1, -0.05) is 32.1 Å². The number of allylic oxidation sites excluding steroid dienone is 2. The van der Waals surface area contributed by atoms with E-state index < -0.39 is 5.54 Å². The van der Waals surface area contributed by atoms with E-state index in [-0.39, 0.29) is 23.5 Å². The van der Waals surface area contributed by atoms with Gasteiger partial charge >= 0.3 is 0 Å². The summed E-state index contributed by atoms with van der Waals surface area (Å²) in [7, 11) is 0. The van der Waals surface area contributed by atoms with Gasteiger partial charge in [-0.2, -0.15) is 0 Å². The van der Waals surface area contributed by atoms with E-state index in [0.29, 0.717) is 17.8 Å². The highest BCUT2D eigenvalue weighted by Gasteiger charge is 2.75. The summed E-state index contributed by atoms with van der Waals surface area (Å²) in [6, 6.07) is 6.22. The first-order valence-corrected chi connectivity index (χ1v) is 12.1. The lowest BCUT2D eigenvalue weighted by Gasteiger charge is -2.72. The van der Waals surface area contributed by atoms with Gasteiger partial charge in [-0.25, -0.2) is 0 Å². The number of hydrogen-bond acceptors (Lipinski definition) is 4. The highest BCUT2D eigenvalue weighted by atomic mass is 16.7. The lowest BCUT2D eigenvalue weighted by atomic mass is 9.33. The van der Waals surface area contributed by atoms with E-state index in [1.54, 1.807) is 0 Å². The molecule has 6 aliphatic rings. The largest absolute Gasteiger partial charge is 0.454 e. The van der Waals surface area contributed by atoms with Crippen molar-refractivity contribution in [2.75, 3.05) is 6.79 Å². The third kappa shape index (κ3) is 2.00.